The van der Waals surface area contributed by atoms with Crippen LogP contribution in [0.3, 0.4) is 0 Å². The van der Waals surface area contributed by atoms with Crippen LogP contribution in [0.25, 0.3) is 10.2 Å². The average molecular weight is 519 g/mol. The van der Waals surface area contributed by atoms with Crippen LogP contribution in [0.1, 0.15) is 12.8 Å². The Hall–Kier alpha value is -2.88. The number of carbonyl (C=O) groups excluding carboxylic acids is 2. The van der Waals surface area contributed by atoms with Gasteiger partial charge in [0.25, 0.3) is 0 Å². The number of hydrogen-bond acceptors (Lipinski definition) is 7. The highest BCUT2D eigenvalue weighted by Gasteiger charge is 2.38. The fourth-order valence-electron chi connectivity index (χ4n) is 4.19. The molecule has 0 bridgehead atoms. The summed E-state index contributed by atoms with van der Waals surface area (Å²) in [4.78, 5) is 36.8. The summed E-state index contributed by atoms with van der Waals surface area (Å²) in [5.41, 5.74) is 1.48. The van der Waals surface area contributed by atoms with Gasteiger partial charge in [-0.3, -0.25) is 14.5 Å². The zero-order chi connectivity index (χ0) is 24.2. The molecule has 1 aliphatic rings. The molecule has 1 aliphatic heterocycles. The van der Waals surface area contributed by atoms with E-state index in [9.17, 15) is 9.59 Å². The molecular weight excluding hydrogens is 488 g/mol. The zero-order valence-electron chi connectivity index (χ0n) is 20.4. The predicted octanol–water partition coefficient (Wildman–Crippen LogP) is 4.07. The lowest BCUT2D eigenvalue weighted by atomic mass is 10.1. The van der Waals surface area contributed by atoms with Crippen LogP contribution < -0.4 is 19.3 Å². The molecule has 1 aromatic heterocycles. The highest BCUT2D eigenvalue weighted by Crippen LogP contribution is 2.41. The van der Waals surface area contributed by atoms with Crippen molar-refractivity contribution in [2.45, 2.75) is 12.8 Å². The van der Waals surface area contributed by atoms with Gasteiger partial charge in [0.1, 0.15) is 21.7 Å². The van der Waals surface area contributed by atoms with E-state index in [-0.39, 0.29) is 30.6 Å². The molecule has 0 aliphatic carbocycles. The third kappa shape index (κ3) is 5.69. The van der Waals surface area contributed by atoms with Gasteiger partial charge in [-0.05, 0) is 51.3 Å². The van der Waals surface area contributed by atoms with E-state index in [0.29, 0.717) is 35.2 Å². The van der Waals surface area contributed by atoms with E-state index in [1.54, 1.807) is 24.0 Å². The van der Waals surface area contributed by atoms with Crippen molar-refractivity contribution in [1.29, 1.82) is 0 Å². The molecule has 2 amide bonds. The number of halogens is 1. The number of thiazole rings is 1. The van der Waals surface area contributed by atoms with Crippen molar-refractivity contribution in [2.75, 3.05) is 57.7 Å². The molecule has 0 spiro atoms. The van der Waals surface area contributed by atoms with Crippen molar-refractivity contribution in [1.82, 2.24) is 9.88 Å². The van der Waals surface area contributed by atoms with Crippen LogP contribution in [0.2, 0.25) is 0 Å². The quantitative estimate of drug-likeness (QED) is 0.425. The Balaban J connectivity index is 0.00000342. The van der Waals surface area contributed by atoms with Crippen LogP contribution in [0.15, 0.2) is 42.5 Å². The van der Waals surface area contributed by atoms with Crippen LogP contribution in [0.5, 0.6) is 11.5 Å². The van der Waals surface area contributed by atoms with Gasteiger partial charge in [0.2, 0.25) is 11.8 Å². The van der Waals surface area contributed by atoms with E-state index in [4.69, 9.17) is 14.5 Å². The lowest BCUT2D eigenvalue weighted by Crippen LogP contribution is -2.39. The number of para-hydroxylation sites is 1. The Kier molecular flexibility index (Phi) is 8.93. The molecule has 35 heavy (non-hydrogen) atoms. The smallest absolute Gasteiger partial charge is 0.234 e. The van der Waals surface area contributed by atoms with Crippen LogP contribution in [0, 0.1) is 5.92 Å². The summed E-state index contributed by atoms with van der Waals surface area (Å²) in [6.07, 6.45) is 0.974. The fraction of sp³-hybridized carbons (Fsp3) is 0.400. The number of nitrogens with zero attached hydrogens (tertiary/aromatic N) is 4. The van der Waals surface area contributed by atoms with Crippen molar-refractivity contribution < 1.29 is 19.1 Å². The van der Waals surface area contributed by atoms with E-state index in [1.807, 2.05) is 56.6 Å². The maximum absolute atomic E-state index is 13.8. The fourth-order valence-corrected chi connectivity index (χ4v) is 5.29. The number of methoxy groups -OCH3 is 2. The van der Waals surface area contributed by atoms with Gasteiger partial charge < -0.3 is 19.3 Å². The second kappa shape index (κ2) is 11.7. The maximum Gasteiger partial charge on any atom is 0.234 e. The minimum atomic E-state index is -0.428. The molecule has 4 rings (SSSR count). The van der Waals surface area contributed by atoms with E-state index < -0.39 is 5.92 Å². The lowest BCUT2D eigenvalue weighted by Gasteiger charge is -2.24. The Labute approximate surface area is 215 Å². The van der Waals surface area contributed by atoms with Gasteiger partial charge in [0.15, 0.2) is 5.13 Å². The molecule has 8 nitrogen and oxygen atoms in total. The topological polar surface area (TPSA) is 75.2 Å². The summed E-state index contributed by atoms with van der Waals surface area (Å²) < 4.78 is 11.8. The Morgan fingerprint density at radius 3 is 2.43 bits per heavy atom. The summed E-state index contributed by atoms with van der Waals surface area (Å²) in [7, 11) is 7.23. The van der Waals surface area contributed by atoms with E-state index in [0.717, 1.165) is 23.4 Å². The second-order valence-electron chi connectivity index (χ2n) is 8.53. The van der Waals surface area contributed by atoms with Gasteiger partial charge in [0.05, 0.1) is 20.1 Å². The third-order valence-corrected chi connectivity index (χ3v) is 7.02. The van der Waals surface area contributed by atoms with E-state index >= 15 is 0 Å². The first-order valence-electron chi connectivity index (χ1n) is 11.3. The van der Waals surface area contributed by atoms with Crippen LogP contribution >= 0.6 is 23.7 Å². The lowest BCUT2D eigenvalue weighted by molar-refractivity contribution is -0.124. The summed E-state index contributed by atoms with van der Waals surface area (Å²) in [5.74, 6) is 0.771. The molecule has 1 atom stereocenters. The Bertz CT molecular complexity index is 1130. The summed E-state index contributed by atoms with van der Waals surface area (Å²) in [6, 6.07) is 13.2. The first-order chi connectivity index (χ1) is 16.4. The van der Waals surface area contributed by atoms with Crippen LogP contribution in [-0.4, -0.2) is 69.6 Å². The highest BCUT2D eigenvalue weighted by atomic mass is 35.5. The molecule has 0 N–H and O–H groups in total. The number of amides is 2. The molecule has 0 radical (unpaired) electrons. The normalized spacial score (nSPS) is 15.4. The zero-order valence-corrected chi connectivity index (χ0v) is 22.0. The molecule has 1 saturated heterocycles. The second-order valence-corrected chi connectivity index (χ2v) is 9.51. The Morgan fingerprint density at radius 1 is 1.09 bits per heavy atom. The number of carbonyl (C=O) groups is 2. The molecule has 1 unspecified atom stereocenters. The van der Waals surface area contributed by atoms with Crippen LogP contribution in [-0.2, 0) is 9.59 Å². The SMILES string of the molecule is COc1ccc(OC)c2sc(N(CCCN(C)C)C(=O)C3CC(=O)N(c4ccccc4)C3)nc12.Cl. The Morgan fingerprint density at radius 2 is 1.77 bits per heavy atom. The summed E-state index contributed by atoms with van der Waals surface area (Å²) in [5, 5.41) is 0.590. The predicted molar refractivity (Wildman–Crippen MR) is 142 cm³/mol. The molecular formula is C25H31ClN4O4S. The van der Waals surface area contributed by atoms with Crippen molar-refractivity contribution in [3.8, 4) is 11.5 Å². The number of anilines is 2. The van der Waals surface area contributed by atoms with Gasteiger partial charge in [-0.1, -0.05) is 29.5 Å². The minimum Gasteiger partial charge on any atom is -0.495 e. The molecule has 0 saturated carbocycles. The minimum absolute atomic E-state index is 0. The van der Waals surface area contributed by atoms with Gasteiger partial charge in [0, 0.05) is 25.2 Å². The number of benzene rings is 2. The van der Waals surface area contributed by atoms with Crippen molar-refractivity contribution in [3.63, 3.8) is 0 Å². The number of ether oxygens (including phenoxy) is 2. The van der Waals surface area contributed by atoms with Gasteiger partial charge in [-0.2, -0.15) is 0 Å². The van der Waals surface area contributed by atoms with Gasteiger partial charge >= 0.3 is 0 Å². The third-order valence-electron chi connectivity index (χ3n) is 5.93. The van der Waals surface area contributed by atoms with Gasteiger partial charge in [-0.25, -0.2) is 4.98 Å². The number of fused-ring (bicyclic) bond motifs is 1. The molecule has 10 heteroatoms. The highest BCUT2D eigenvalue weighted by molar-refractivity contribution is 7.22. The molecule has 1 fully saturated rings. The molecule has 3 aromatic rings. The number of aromatic nitrogens is 1. The largest absolute Gasteiger partial charge is 0.495 e. The van der Waals surface area contributed by atoms with Crippen LogP contribution in [0.4, 0.5) is 10.8 Å². The first-order valence-corrected chi connectivity index (χ1v) is 12.1. The molecule has 2 heterocycles. The van der Waals surface area contributed by atoms with Gasteiger partial charge in [-0.15, -0.1) is 12.4 Å². The van der Waals surface area contributed by atoms with E-state index in [1.165, 1.54) is 11.3 Å². The van der Waals surface area contributed by atoms with Crippen molar-refractivity contribution in [3.05, 3.63) is 42.5 Å². The summed E-state index contributed by atoms with van der Waals surface area (Å²) in [6.45, 7) is 1.71. The maximum atomic E-state index is 13.8. The first kappa shape index (κ1) is 26.7. The van der Waals surface area contributed by atoms with Crippen molar-refractivity contribution in [2.24, 2.45) is 5.92 Å². The standard InChI is InChI=1S/C25H30N4O4S.ClH/c1-27(2)13-8-14-28(25-26-22-19(32-3)11-12-20(33-4)23(22)34-25)24(31)17-15-21(30)29(16-17)18-9-6-5-7-10-18;/h5-7,9-12,17H,8,13-16H2,1-4H3;1H. The summed E-state index contributed by atoms with van der Waals surface area (Å²) >= 11 is 1.41. The molecule has 2 aromatic carbocycles. The number of hydrogen-bond donors (Lipinski definition) is 0. The number of rotatable bonds is 9. The monoisotopic (exact) mass is 518 g/mol. The molecule has 188 valence electrons. The van der Waals surface area contributed by atoms with E-state index in [2.05, 4.69) is 4.90 Å². The van der Waals surface area contributed by atoms with Crippen molar-refractivity contribution >= 4 is 56.6 Å². The average Bonchev–Trinajstić information content (AvgIpc) is 3.45.